The fraction of sp³-hybridized carbons (Fsp3) is 0.481. The Morgan fingerprint density at radius 3 is 2.38 bits per heavy atom. The maximum Gasteiger partial charge on any atom is 0.262 e. The summed E-state index contributed by atoms with van der Waals surface area (Å²) in [5, 5.41) is 3.53. The zero-order chi connectivity index (χ0) is 23.9. The number of carbonyl (C=O) groups excluding carboxylic acids is 2. The third-order valence-electron chi connectivity index (χ3n) is 6.84. The molecule has 1 N–H and O–H groups in total. The number of nitrogens with one attached hydrogen (secondary N) is 1. The van der Waals surface area contributed by atoms with E-state index in [2.05, 4.69) is 22.3 Å². The van der Waals surface area contributed by atoms with Crippen LogP contribution in [0.2, 0.25) is 5.02 Å². The van der Waals surface area contributed by atoms with Crippen LogP contribution in [0.5, 0.6) is 5.75 Å². The zero-order valence-electron chi connectivity index (χ0n) is 19.9. The van der Waals surface area contributed by atoms with Crippen molar-refractivity contribution >= 4 is 34.8 Å². The summed E-state index contributed by atoms with van der Waals surface area (Å²) in [5.74, 6) is 1.27. The molecule has 0 atom stereocenters. The van der Waals surface area contributed by atoms with E-state index in [1.807, 2.05) is 42.2 Å². The lowest BCUT2D eigenvalue weighted by atomic mass is 9.84. The molecule has 1 saturated heterocycles. The lowest BCUT2D eigenvalue weighted by Gasteiger charge is -2.37. The molecule has 0 unspecified atom stereocenters. The van der Waals surface area contributed by atoms with Crippen molar-refractivity contribution in [1.29, 1.82) is 0 Å². The predicted molar refractivity (Wildman–Crippen MR) is 137 cm³/mol. The second kappa shape index (κ2) is 11.6. The molecule has 34 heavy (non-hydrogen) atoms. The lowest BCUT2D eigenvalue weighted by Crippen LogP contribution is -2.48. The first-order chi connectivity index (χ1) is 16.5. The lowest BCUT2D eigenvalue weighted by molar-refractivity contribution is -0.131. The first-order valence-electron chi connectivity index (χ1n) is 12.4. The molecule has 0 radical (unpaired) electrons. The maximum atomic E-state index is 12.7. The van der Waals surface area contributed by atoms with Crippen molar-refractivity contribution in [3.05, 3.63) is 53.1 Å². The van der Waals surface area contributed by atoms with Crippen molar-refractivity contribution in [3.8, 4) is 5.75 Å². The van der Waals surface area contributed by atoms with Crippen molar-refractivity contribution in [2.24, 2.45) is 0 Å². The van der Waals surface area contributed by atoms with Gasteiger partial charge < -0.3 is 19.9 Å². The molecule has 182 valence electrons. The van der Waals surface area contributed by atoms with Gasteiger partial charge in [0.2, 0.25) is 5.91 Å². The van der Waals surface area contributed by atoms with Crippen LogP contribution in [0.4, 0.5) is 11.4 Å². The number of halogens is 1. The number of hydrogen-bond donors (Lipinski definition) is 1. The number of para-hydroxylation sites is 1. The van der Waals surface area contributed by atoms with Crippen LogP contribution in [0.1, 0.15) is 56.9 Å². The van der Waals surface area contributed by atoms with Crippen LogP contribution < -0.4 is 15.0 Å². The Hall–Kier alpha value is -2.73. The van der Waals surface area contributed by atoms with Gasteiger partial charge in [0, 0.05) is 32.6 Å². The number of anilines is 2. The average Bonchev–Trinajstić information content (AvgIpc) is 2.88. The molecule has 1 aliphatic heterocycles. The van der Waals surface area contributed by atoms with Crippen molar-refractivity contribution in [2.45, 2.75) is 51.4 Å². The number of hydrogen-bond acceptors (Lipinski definition) is 4. The monoisotopic (exact) mass is 483 g/mol. The Bertz CT molecular complexity index is 981. The summed E-state index contributed by atoms with van der Waals surface area (Å²) in [6.07, 6.45) is 6.98. The van der Waals surface area contributed by atoms with E-state index >= 15 is 0 Å². The molecule has 2 amide bonds. The third-order valence-corrected chi connectivity index (χ3v) is 7.14. The highest BCUT2D eigenvalue weighted by molar-refractivity contribution is 6.34. The van der Waals surface area contributed by atoms with Gasteiger partial charge in [-0.1, -0.05) is 56.0 Å². The summed E-state index contributed by atoms with van der Waals surface area (Å²) in [6.45, 7) is 4.43. The minimum atomic E-state index is -0.236. The smallest absolute Gasteiger partial charge is 0.262 e. The van der Waals surface area contributed by atoms with E-state index in [0.29, 0.717) is 55.0 Å². The topological polar surface area (TPSA) is 61.9 Å². The number of ether oxygens (including phenoxy) is 1. The molecule has 2 aromatic carbocycles. The highest BCUT2D eigenvalue weighted by Gasteiger charge is 2.24. The Morgan fingerprint density at radius 2 is 1.71 bits per heavy atom. The molecular formula is C27H34ClN3O3. The van der Waals surface area contributed by atoms with E-state index in [4.69, 9.17) is 16.3 Å². The molecule has 2 aliphatic rings. The molecule has 0 aromatic heterocycles. The SMILES string of the molecule is CCC(=O)N1CCN(c2c(Cl)cccc2NC(=O)COc2ccc(C3CCCCC3)cc2)CC1. The maximum absolute atomic E-state index is 12.7. The Balaban J connectivity index is 1.33. The van der Waals surface area contributed by atoms with E-state index in [1.165, 1.54) is 37.7 Å². The fourth-order valence-electron chi connectivity index (χ4n) is 4.95. The van der Waals surface area contributed by atoms with E-state index in [1.54, 1.807) is 0 Å². The summed E-state index contributed by atoms with van der Waals surface area (Å²) in [4.78, 5) is 28.7. The molecule has 2 fully saturated rings. The van der Waals surface area contributed by atoms with Crippen molar-refractivity contribution < 1.29 is 14.3 Å². The highest BCUT2D eigenvalue weighted by atomic mass is 35.5. The van der Waals surface area contributed by atoms with Crippen molar-refractivity contribution in [1.82, 2.24) is 4.90 Å². The van der Waals surface area contributed by atoms with Gasteiger partial charge in [0.05, 0.1) is 16.4 Å². The Labute approximate surface area is 207 Å². The number of benzene rings is 2. The van der Waals surface area contributed by atoms with E-state index in [0.717, 1.165) is 5.69 Å². The van der Waals surface area contributed by atoms with Gasteiger partial charge in [0.1, 0.15) is 5.75 Å². The first-order valence-corrected chi connectivity index (χ1v) is 12.8. The zero-order valence-corrected chi connectivity index (χ0v) is 20.7. The molecule has 0 spiro atoms. The molecule has 1 saturated carbocycles. The normalized spacial score (nSPS) is 16.9. The van der Waals surface area contributed by atoms with Crippen LogP contribution in [0.15, 0.2) is 42.5 Å². The minimum absolute atomic E-state index is 0.0759. The first kappa shape index (κ1) is 24.4. The van der Waals surface area contributed by atoms with Gasteiger partial charge in [0.15, 0.2) is 6.61 Å². The number of rotatable bonds is 7. The standard InChI is InChI=1S/C27H34ClN3O3/c1-2-26(33)30-15-17-31(18-16-30)27-23(28)9-6-10-24(27)29-25(32)19-34-22-13-11-21(12-14-22)20-7-4-3-5-8-20/h6,9-14,20H,2-5,7-8,15-19H2,1H3,(H,29,32). The van der Waals surface area contributed by atoms with Crippen LogP contribution in [0, 0.1) is 0 Å². The Morgan fingerprint density at radius 1 is 1.00 bits per heavy atom. The molecule has 1 heterocycles. The number of piperazine rings is 1. The van der Waals surface area contributed by atoms with Gasteiger partial charge in [-0.15, -0.1) is 0 Å². The van der Waals surface area contributed by atoms with Crippen molar-refractivity contribution in [3.63, 3.8) is 0 Å². The second-order valence-electron chi connectivity index (χ2n) is 9.10. The van der Waals surface area contributed by atoms with Gasteiger partial charge in [-0.05, 0) is 48.6 Å². The molecule has 1 aliphatic carbocycles. The molecule has 4 rings (SSSR count). The average molecular weight is 484 g/mol. The number of amides is 2. The van der Waals surface area contributed by atoms with Crippen LogP contribution in [0.25, 0.3) is 0 Å². The van der Waals surface area contributed by atoms with Gasteiger partial charge in [-0.2, -0.15) is 0 Å². The molecule has 7 heteroatoms. The van der Waals surface area contributed by atoms with Crippen LogP contribution in [0.3, 0.4) is 0 Å². The van der Waals surface area contributed by atoms with Gasteiger partial charge >= 0.3 is 0 Å². The summed E-state index contributed by atoms with van der Waals surface area (Å²) in [6, 6.07) is 13.7. The van der Waals surface area contributed by atoms with Crippen LogP contribution in [-0.2, 0) is 9.59 Å². The second-order valence-corrected chi connectivity index (χ2v) is 9.51. The highest BCUT2D eigenvalue weighted by Crippen LogP contribution is 2.35. The minimum Gasteiger partial charge on any atom is -0.484 e. The van der Waals surface area contributed by atoms with Gasteiger partial charge in [0.25, 0.3) is 5.91 Å². The fourth-order valence-corrected chi connectivity index (χ4v) is 5.24. The quantitative estimate of drug-likeness (QED) is 0.567. The predicted octanol–water partition coefficient (Wildman–Crippen LogP) is 5.46. The number of carbonyl (C=O) groups is 2. The van der Waals surface area contributed by atoms with E-state index in [-0.39, 0.29) is 18.4 Å². The largest absolute Gasteiger partial charge is 0.484 e. The Kier molecular flexibility index (Phi) is 8.33. The molecule has 2 aromatic rings. The van der Waals surface area contributed by atoms with E-state index < -0.39 is 0 Å². The van der Waals surface area contributed by atoms with Crippen molar-refractivity contribution in [2.75, 3.05) is 43.0 Å². The summed E-state index contributed by atoms with van der Waals surface area (Å²) in [5.41, 5.74) is 2.81. The van der Waals surface area contributed by atoms with Crippen LogP contribution in [-0.4, -0.2) is 49.5 Å². The summed E-state index contributed by atoms with van der Waals surface area (Å²) >= 11 is 6.52. The summed E-state index contributed by atoms with van der Waals surface area (Å²) in [7, 11) is 0. The number of nitrogens with zero attached hydrogens (tertiary/aromatic N) is 2. The van der Waals surface area contributed by atoms with Crippen LogP contribution >= 0.6 is 11.6 Å². The molecular weight excluding hydrogens is 450 g/mol. The summed E-state index contributed by atoms with van der Waals surface area (Å²) < 4.78 is 5.75. The van der Waals surface area contributed by atoms with Gasteiger partial charge in [-0.3, -0.25) is 9.59 Å². The third kappa shape index (κ3) is 6.03. The van der Waals surface area contributed by atoms with Gasteiger partial charge in [-0.25, -0.2) is 0 Å². The van der Waals surface area contributed by atoms with E-state index in [9.17, 15) is 9.59 Å². The molecule has 0 bridgehead atoms. The molecule has 6 nitrogen and oxygen atoms in total.